The normalized spacial score (nSPS) is 20.9. The van der Waals surface area contributed by atoms with Crippen molar-refractivity contribution in [3.8, 4) is 5.75 Å². The summed E-state index contributed by atoms with van der Waals surface area (Å²) in [6.45, 7) is 5.52. The molecule has 0 aliphatic carbocycles. The number of likely N-dealkylation sites (tertiary alicyclic amines) is 1. The van der Waals surface area contributed by atoms with Crippen LogP contribution < -0.4 is 10.1 Å². The van der Waals surface area contributed by atoms with E-state index in [2.05, 4.69) is 20.1 Å². The Hall–Kier alpha value is -1.20. The van der Waals surface area contributed by atoms with Crippen LogP contribution in [0.5, 0.6) is 5.75 Å². The Balaban J connectivity index is 0.00000280. The highest BCUT2D eigenvalue weighted by molar-refractivity contribution is 14.0. The van der Waals surface area contributed by atoms with Gasteiger partial charge in [0.1, 0.15) is 12.4 Å². The van der Waals surface area contributed by atoms with Crippen LogP contribution in [0.15, 0.2) is 29.3 Å². The first-order valence-corrected chi connectivity index (χ1v) is 9.43. The number of benzene rings is 1. The van der Waals surface area contributed by atoms with Crippen LogP contribution in [0.4, 0.5) is 8.78 Å². The summed E-state index contributed by atoms with van der Waals surface area (Å²) in [7, 11) is 1.78. The molecule has 1 N–H and O–H groups in total. The lowest BCUT2D eigenvalue weighted by molar-refractivity contribution is 0.0195. The Morgan fingerprint density at radius 2 is 2.11 bits per heavy atom. The molecule has 0 saturated carbocycles. The average molecular weight is 510 g/mol. The standard InChI is InChI=1S/C19H28F2N4O2.HI/c1-22-19(25-6-5-16(13-25)24-7-9-26-10-8-24)23-12-15-3-2-4-17(11-15)27-14-18(20)21;/h2-4,11,16,18H,5-10,12-14H2,1H3,(H,22,23);1H. The second-order valence-electron chi connectivity index (χ2n) is 6.79. The Morgan fingerprint density at radius 3 is 2.82 bits per heavy atom. The highest BCUT2D eigenvalue weighted by atomic mass is 127. The van der Waals surface area contributed by atoms with E-state index in [1.165, 1.54) is 0 Å². The molecule has 0 radical (unpaired) electrons. The van der Waals surface area contributed by atoms with Gasteiger partial charge in [-0.1, -0.05) is 12.1 Å². The minimum absolute atomic E-state index is 0. The Labute approximate surface area is 182 Å². The van der Waals surface area contributed by atoms with Gasteiger partial charge >= 0.3 is 0 Å². The maximum Gasteiger partial charge on any atom is 0.272 e. The van der Waals surface area contributed by atoms with Gasteiger partial charge in [0.05, 0.1) is 13.2 Å². The van der Waals surface area contributed by atoms with Crippen molar-refractivity contribution in [3.63, 3.8) is 0 Å². The maximum absolute atomic E-state index is 12.3. The van der Waals surface area contributed by atoms with Crippen molar-refractivity contribution in [2.75, 3.05) is 53.0 Å². The molecule has 2 aliphatic rings. The molecule has 1 atom stereocenters. The summed E-state index contributed by atoms with van der Waals surface area (Å²) in [4.78, 5) is 9.18. The second kappa shape index (κ2) is 11.7. The molecule has 0 spiro atoms. The van der Waals surface area contributed by atoms with E-state index >= 15 is 0 Å². The predicted molar refractivity (Wildman–Crippen MR) is 116 cm³/mol. The SMILES string of the molecule is CN=C(NCc1cccc(OCC(F)F)c1)N1CCC(N2CCOCC2)C1.I. The Kier molecular flexibility index (Phi) is 9.66. The van der Waals surface area contributed by atoms with E-state index in [0.29, 0.717) is 18.3 Å². The molecule has 0 aromatic heterocycles. The zero-order valence-corrected chi connectivity index (χ0v) is 18.5. The molecular formula is C19H29F2IN4O2. The summed E-state index contributed by atoms with van der Waals surface area (Å²) >= 11 is 0. The lowest BCUT2D eigenvalue weighted by Gasteiger charge is -2.32. The zero-order chi connectivity index (χ0) is 19.1. The molecule has 0 bridgehead atoms. The molecule has 1 unspecified atom stereocenters. The van der Waals surface area contributed by atoms with Crippen LogP contribution in [0.1, 0.15) is 12.0 Å². The van der Waals surface area contributed by atoms with Gasteiger partial charge in [0, 0.05) is 45.8 Å². The van der Waals surface area contributed by atoms with Crippen molar-refractivity contribution in [1.29, 1.82) is 0 Å². The summed E-state index contributed by atoms with van der Waals surface area (Å²) in [5.74, 6) is 1.32. The highest BCUT2D eigenvalue weighted by Crippen LogP contribution is 2.18. The highest BCUT2D eigenvalue weighted by Gasteiger charge is 2.30. The summed E-state index contributed by atoms with van der Waals surface area (Å²) in [5, 5.41) is 3.37. The quantitative estimate of drug-likeness (QED) is 0.362. The third-order valence-corrected chi connectivity index (χ3v) is 4.96. The van der Waals surface area contributed by atoms with Gasteiger partial charge in [-0.05, 0) is 24.1 Å². The summed E-state index contributed by atoms with van der Waals surface area (Å²) in [6.07, 6.45) is -1.35. The molecule has 1 aromatic rings. The number of aliphatic imine (C=N–C) groups is 1. The van der Waals surface area contributed by atoms with Gasteiger partial charge in [0.15, 0.2) is 5.96 Å². The number of nitrogens with zero attached hydrogens (tertiary/aromatic N) is 3. The maximum atomic E-state index is 12.3. The number of morpholine rings is 1. The van der Waals surface area contributed by atoms with Crippen molar-refractivity contribution < 1.29 is 18.3 Å². The topological polar surface area (TPSA) is 49.3 Å². The number of hydrogen-bond acceptors (Lipinski definition) is 4. The van der Waals surface area contributed by atoms with Gasteiger partial charge in [-0.2, -0.15) is 0 Å². The number of halogens is 3. The summed E-state index contributed by atoms with van der Waals surface area (Å²) in [6, 6.07) is 7.76. The third-order valence-electron chi connectivity index (χ3n) is 4.96. The largest absolute Gasteiger partial charge is 0.488 e. The molecule has 9 heteroatoms. The Morgan fingerprint density at radius 1 is 1.32 bits per heavy atom. The fourth-order valence-electron chi connectivity index (χ4n) is 3.59. The van der Waals surface area contributed by atoms with Gasteiger partial charge in [-0.3, -0.25) is 9.89 Å². The Bertz CT molecular complexity index is 630. The van der Waals surface area contributed by atoms with E-state index in [9.17, 15) is 8.78 Å². The van der Waals surface area contributed by atoms with E-state index in [1.54, 1.807) is 19.2 Å². The van der Waals surface area contributed by atoms with Crippen LogP contribution in [0.25, 0.3) is 0 Å². The van der Waals surface area contributed by atoms with Crippen molar-refractivity contribution in [1.82, 2.24) is 15.1 Å². The van der Waals surface area contributed by atoms with E-state index in [1.807, 2.05) is 12.1 Å². The van der Waals surface area contributed by atoms with Crippen molar-refractivity contribution in [2.45, 2.75) is 25.4 Å². The number of guanidine groups is 1. The number of alkyl halides is 2. The van der Waals surface area contributed by atoms with Crippen LogP contribution in [0.3, 0.4) is 0 Å². The predicted octanol–water partition coefficient (Wildman–Crippen LogP) is 2.43. The molecule has 6 nitrogen and oxygen atoms in total. The molecule has 2 heterocycles. The van der Waals surface area contributed by atoms with Crippen molar-refractivity contribution in [2.24, 2.45) is 4.99 Å². The monoisotopic (exact) mass is 510 g/mol. The van der Waals surface area contributed by atoms with Gasteiger partial charge in [-0.15, -0.1) is 24.0 Å². The first-order valence-electron chi connectivity index (χ1n) is 9.43. The third kappa shape index (κ3) is 6.70. The van der Waals surface area contributed by atoms with Gasteiger partial charge in [0.2, 0.25) is 0 Å². The molecule has 28 heavy (non-hydrogen) atoms. The number of rotatable bonds is 6. The minimum atomic E-state index is -2.47. The zero-order valence-electron chi connectivity index (χ0n) is 16.2. The molecule has 1 aromatic carbocycles. The minimum Gasteiger partial charge on any atom is -0.488 e. The first kappa shape index (κ1) is 23.1. The van der Waals surface area contributed by atoms with E-state index in [-0.39, 0.29) is 24.0 Å². The second-order valence-corrected chi connectivity index (χ2v) is 6.79. The molecule has 0 amide bonds. The van der Waals surface area contributed by atoms with Crippen LogP contribution in [-0.4, -0.2) is 81.3 Å². The smallest absolute Gasteiger partial charge is 0.272 e. The molecule has 3 rings (SSSR count). The van der Waals surface area contributed by atoms with Crippen molar-refractivity contribution in [3.05, 3.63) is 29.8 Å². The fourth-order valence-corrected chi connectivity index (χ4v) is 3.59. The van der Waals surface area contributed by atoms with E-state index in [4.69, 9.17) is 9.47 Å². The van der Waals surface area contributed by atoms with Crippen molar-refractivity contribution >= 4 is 29.9 Å². The molecule has 2 aliphatic heterocycles. The van der Waals surface area contributed by atoms with Gasteiger partial charge in [0.25, 0.3) is 6.43 Å². The van der Waals surface area contributed by atoms with Crippen LogP contribution >= 0.6 is 24.0 Å². The van der Waals surface area contributed by atoms with E-state index in [0.717, 1.165) is 57.3 Å². The average Bonchev–Trinajstić information content (AvgIpc) is 3.18. The lowest BCUT2D eigenvalue weighted by Crippen LogP contribution is -2.46. The number of nitrogens with one attached hydrogen (secondary N) is 1. The number of ether oxygens (including phenoxy) is 2. The summed E-state index contributed by atoms with van der Waals surface area (Å²) in [5.41, 5.74) is 0.965. The van der Waals surface area contributed by atoms with Gasteiger partial charge in [-0.25, -0.2) is 8.78 Å². The van der Waals surface area contributed by atoms with Gasteiger partial charge < -0.3 is 19.7 Å². The van der Waals surface area contributed by atoms with Crippen LogP contribution in [0, 0.1) is 0 Å². The van der Waals surface area contributed by atoms with Crippen LogP contribution in [0.2, 0.25) is 0 Å². The van der Waals surface area contributed by atoms with Crippen LogP contribution in [-0.2, 0) is 11.3 Å². The summed E-state index contributed by atoms with van der Waals surface area (Å²) < 4.78 is 35.1. The lowest BCUT2D eigenvalue weighted by atomic mass is 10.2. The fraction of sp³-hybridized carbons (Fsp3) is 0.632. The molecular weight excluding hydrogens is 481 g/mol. The molecule has 2 fully saturated rings. The molecule has 158 valence electrons. The first-order chi connectivity index (χ1) is 13.2. The van der Waals surface area contributed by atoms with E-state index < -0.39 is 13.0 Å². The number of hydrogen-bond donors (Lipinski definition) is 1. The molecule has 2 saturated heterocycles.